The molecular weight excluding hydrogens is 387 g/mol. The van der Waals surface area contributed by atoms with Gasteiger partial charge >= 0.3 is 0 Å². The van der Waals surface area contributed by atoms with E-state index in [4.69, 9.17) is 14.2 Å². The smallest absolute Gasteiger partial charge is 0.244 e. The summed E-state index contributed by atoms with van der Waals surface area (Å²) in [6, 6.07) is 13.1. The number of para-hydroxylation sites is 1. The van der Waals surface area contributed by atoms with Crippen molar-refractivity contribution in [3.05, 3.63) is 59.8 Å². The number of ether oxygens (including phenoxy) is 3. The van der Waals surface area contributed by atoms with Crippen LogP contribution in [0, 0.1) is 0 Å². The van der Waals surface area contributed by atoms with E-state index in [1.54, 1.807) is 18.2 Å². The van der Waals surface area contributed by atoms with Crippen molar-refractivity contribution in [2.45, 2.75) is 13.2 Å². The largest absolute Gasteiger partial charge is 0.493 e. The van der Waals surface area contributed by atoms with Gasteiger partial charge in [-0.25, -0.2) is 4.39 Å². The van der Waals surface area contributed by atoms with Crippen molar-refractivity contribution in [3.63, 3.8) is 0 Å². The summed E-state index contributed by atoms with van der Waals surface area (Å²) < 4.78 is 31.2. The Hall–Kier alpha value is -3.48. The van der Waals surface area contributed by atoms with Crippen LogP contribution in [0.5, 0.6) is 17.2 Å². The lowest BCUT2D eigenvalue weighted by Gasteiger charge is -2.12. The van der Waals surface area contributed by atoms with E-state index in [1.165, 1.54) is 27.4 Å². The molecule has 0 unspecified atom stereocenters. The number of benzene rings is 2. The number of aromatic nitrogens is 1. The molecule has 0 fully saturated rings. The maximum atomic E-state index is 13.3. The summed E-state index contributed by atoms with van der Waals surface area (Å²) in [6.07, 6.45) is 3.10. The van der Waals surface area contributed by atoms with Gasteiger partial charge in [0.25, 0.3) is 0 Å². The molecule has 1 heterocycles. The van der Waals surface area contributed by atoms with Crippen LogP contribution in [0.4, 0.5) is 4.39 Å². The first-order chi connectivity index (χ1) is 14.6. The molecule has 0 aliphatic carbocycles. The molecular formula is C23H25FN2O4. The highest BCUT2D eigenvalue weighted by Gasteiger charge is 2.12. The molecule has 0 spiro atoms. The Morgan fingerprint density at radius 3 is 2.40 bits per heavy atom. The Labute approximate surface area is 174 Å². The van der Waals surface area contributed by atoms with Gasteiger partial charge in [0.05, 0.1) is 27.0 Å². The van der Waals surface area contributed by atoms with E-state index in [-0.39, 0.29) is 5.91 Å². The standard InChI is InChI=1S/C23H25FN2O4/c1-28-20-12-16(13-21(29-2)23(20)30-3)8-9-22(27)25-10-11-26-18(15-24)14-17-6-4-5-7-19(17)26/h4-9,12-14H,10-11,15H2,1-3H3,(H,25,27)/b9-8+. The fourth-order valence-electron chi connectivity index (χ4n) is 3.36. The summed E-state index contributed by atoms with van der Waals surface area (Å²) in [6.45, 7) is 0.310. The highest BCUT2D eigenvalue weighted by Crippen LogP contribution is 2.38. The average molecular weight is 412 g/mol. The third-order valence-electron chi connectivity index (χ3n) is 4.78. The topological polar surface area (TPSA) is 61.7 Å². The van der Waals surface area contributed by atoms with Gasteiger partial charge in [0.2, 0.25) is 11.7 Å². The Morgan fingerprint density at radius 1 is 1.07 bits per heavy atom. The summed E-state index contributed by atoms with van der Waals surface area (Å²) >= 11 is 0. The molecule has 0 aliphatic rings. The molecule has 3 rings (SSSR count). The van der Waals surface area contributed by atoms with Crippen molar-refractivity contribution >= 4 is 22.9 Å². The molecule has 0 bridgehead atoms. The second kappa shape index (κ2) is 9.82. The molecule has 1 N–H and O–H groups in total. The van der Waals surface area contributed by atoms with E-state index < -0.39 is 6.67 Å². The number of amides is 1. The molecule has 0 aliphatic heterocycles. The predicted octanol–water partition coefficient (Wildman–Crippen LogP) is 3.97. The zero-order valence-electron chi connectivity index (χ0n) is 17.3. The van der Waals surface area contributed by atoms with Crippen molar-refractivity contribution in [2.24, 2.45) is 0 Å². The number of halogens is 1. The third-order valence-corrected chi connectivity index (χ3v) is 4.78. The van der Waals surface area contributed by atoms with Gasteiger partial charge in [-0.1, -0.05) is 18.2 Å². The van der Waals surface area contributed by atoms with E-state index in [2.05, 4.69) is 5.32 Å². The summed E-state index contributed by atoms with van der Waals surface area (Å²) in [7, 11) is 4.61. The van der Waals surface area contributed by atoms with Crippen LogP contribution in [0.2, 0.25) is 0 Å². The number of rotatable bonds is 9. The average Bonchev–Trinajstić information content (AvgIpc) is 3.14. The fraction of sp³-hybridized carbons (Fsp3) is 0.261. The van der Waals surface area contributed by atoms with Gasteiger partial charge in [-0.05, 0) is 41.3 Å². The van der Waals surface area contributed by atoms with Crippen molar-refractivity contribution in [1.82, 2.24) is 9.88 Å². The SMILES string of the molecule is COc1cc(/C=C/C(=O)NCCn2c(CF)cc3ccccc32)cc(OC)c1OC. The summed E-state index contributed by atoms with van der Waals surface area (Å²) in [5.41, 5.74) is 2.28. The van der Waals surface area contributed by atoms with Crippen LogP contribution >= 0.6 is 0 Å². The highest BCUT2D eigenvalue weighted by atomic mass is 19.1. The minimum Gasteiger partial charge on any atom is -0.493 e. The molecule has 7 heteroatoms. The summed E-state index contributed by atoms with van der Waals surface area (Å²) in [5.74, 6) is 1.26. The number of nitrogens with zero attached hydrogens (tertiary/aromatic N) is 1. The fourth-order valence-corrected chi connectivity index (χ4v) is 3.36. The zero-order chi connectivity index (χ0) is 21.5. The Kier molecular flexibility index (Phi) is 6.95. The molecule has 1 amide bonds. The number of methoxy groups -OCH3 is 3. The summed E-state index contributed by atoms with van der Waals surface area (Å²) in [5, 5.41) is 3.82. The van der Waals surface area contributed by atoms with Crippen LogP contribution in [0.15, 0.2) is 48.5 Å². The minimum atomic E-state index is -0.552. The molecule has 30 heavy (non-hydrogen) atoms. The van der Waals surface area contributed by atoms with Gasteiger partial charge < -0.3 is 24.1 Å². The van der Waals surface area contributed by atoms with Gasteiger partial charge in [-0.2, -0.15) is 0 Å². The van der Waals surface area contributed by atoms with Gasteiger partial charge in [0.15, 0.2) is 11.5 Å². The van der Waals surface area contributed by atoms with Crippen LogP contribution in [0.1, 0.15) is 11.3 Å². The predicted molar refractivity (Wildman–Crippen MR) is 115 cm³/mol. The van der Waals surface area contributed by atoms with Crippen LogP contribution in [0.3, 0.4) is 0 Å². The second-order valence-electron chi connectivity index (χ2n) is 6.56. The summed E-state index contributed by atoms with van der Waals surface area (Å²) in [4.78, 5) is 12.2. The lowest BCUT2D eigenvalue weighted by Crippen LogP contribution is -2.25. The van der Waals surface area contributed by atoms with Crippen molar-refractivity contribution in [2.75, 3.05) is 27.9 Å². The first-order valence-corrected chi connectivity index (χ1v) is 9.50. The number of carbonyl (C=O) groups is 1. The Morgan fingerprint density at radius 2 is 1.77 bits per heavy atom. The first-order valence-electron chi connectivity index (χ1n) is 9.50. The van der Waals surface area contributed by atoms with Crippen molar-refractivity contribution in [3.8, 4) is 17.2 Å². The lowest BCUT2D eigenvalue weighted by atomic mass is 10.1. The molecule has 2 aromatic carbocycles. The molecule has 3 aromatic rings. The molecule has 0 radical (unpaired) electrons. The maximum absolute atomic E-state index is 13.3. The normalized spacial score (nSPS) is 11.1. The molecule has 0 saturated heterocycles. The van der Waals surface area contributed by atoms with Crippen LogP contribution in [0.25, 0.3) is 17.0 Å². The Balaban J connectivity index is 1.65. The first kappa shape index (κ1) is 21.2. The minimum absolute atomic E-state index is 0.248. The molecule has 1 aromatic heterocycles. The second-order valence-corrected chi connectivity index (χ2v) is 6.56. The number of hydrogen-bond donors (Lipinski definition) is 1. The maximum Gasteiger partial charge on any atom is 0.244 e. The lowest BCUT2D eigenvalue weighted by molar-refractivity contribution is -0.116. The van der Waals surface area contributed by atoms with E-state index in [0.717, 1.165) is 16.5 Å². The van der Waals surface area contributed by atoms with Gasteiger partial charge in [0, 0.05) is 24.7 Å². The van der Waals surface area contributed by atoms with E-state index in [0.29, 0.717) is 36.0 Å². The van der Waals surface area contributed by atoms with Gasteiger partial charge in [-0.3, -0.25) is 4.79 Å². The van der Waals surface area contributed by atoms with Crippen LogP contribution < -0.4 is 19.5 Å². The van der Waals surface area contributed by atoms with Crippen LogP contribution in [-0.2, 0) is 18.0 Å². The van der Waals surface area contributed by atoms with E-state index in [1.807, 2.05) is 34.9 Å². The van der Waals surface area contributed by atoms with Gasteiger partial charge in [-0.15, -0.1) is 0 Å². The third kappa shape index (κ3) is 4.56. The Bertz CT molecular complexity index is 1030. The number of nitrogens with one attached hydrogen (secondary N) is 1. The van der Waals surface area contributed by atoms with E-state index in [9.17, 15) is 9.18 Å². The number of hydrogen-bond acceptors (Lipinski definition) is 4. The monoisotopic (exact) mass is 412 g/mol. The molecule has 0 atom stereocenters. The van der Waals surface area contributed by atoms with Crippen molar-refractivity contribution in [1.29, 1.82) is 0 Å². The molecule has 6 nitrogen and oxygen atoms in total. The van der Waals surface area contributed by atoms with E-state index >= 15 is 0 Å². The van der Waals surface area contributed by atoms with Crippen molar-refractivity contribution < 1.29 is 23.4 Å². The highest BCUT2D eigenvalue weighted by molar-refractivity contribution is 5.92. The van der Waals surface area contributed by atoms with Crippen LogP contribution in [-0.4, -0.2) is 38.3 Å². The zero-order valence-corrected chi connectivity index (χ0v) is 17.3. The quantitative estimate of drug-likeness (QED) is 0.541. The number of carbonyl (C=O) groups excluding carboxylic acids is 1. The number of fused-ring (bicyclic) bond motifs is 1. The van der Waals surface area contributed by atoms with Gasteiger partial charge in [0.1, 0.15) is 6.67 Å². The molecule has 158 valence electrons. The molecule has 0 saturated carbocycles. The number of alkyl halides is 1.